The number of nitrogen functional groups attached to an aromatic ring is 1. The van der Waals surface area contributed by atoms with Crippen molar-refractivity contribution in [3.05, 3.63) is 64.7 Å². The Morgan fingerprint density at radius 3 is 2.48 bits per heavy atom. The Morgan fingerprint density at radius 1 is 1.10 bits per heavy atom. The van der Waals surface area contributed by atoms with Crippen molar-refractivity contribution >= 4 is 40.9 Å². The van der Waals surface area contributed by atoms with E-state index >= 15 is 0 Å². The van der Waals surface area contributed by atoms with Gasteiger partial charge in [-0.3, -0.25) is 10.3 Å². The lowest BCUT2D eigenvalue weighted by atomic mass is 9.93. The fourth-order valence-electron chi connectivity index (χ4n) is 3.77. The Kier molecular flexibility index (Phi) is 7.79. The molecule has 0 radical (unpaired) electrons. The normalized spacial score (nSPS) is 15.9. The quantitative estimate of drug-likeness (QED) is 0.276. The second-order valence-corrected chi connectivity index (χ2v) is 8.38. The Balaban J connectivity index is 1.70. The highest BCUT2D eigenvalue weighted by atomic mass is 32.1. The molecule has 5 N–H and O–H groups in total. The Labute approximate surface area is 189 Å². The summed E-state index contributed by atoms with van der Waals surface area (Å²) in [5.41, 5.74) is 10.5. The van der Waals surface area contributed by atoms with Crippen molar-refractivity contribution in [2.24, 2.45) is 0 Å². The summed E-state index contributed by atoms with van der Waals surface area (Å²) in [6, 6.07) is 13.6. The zero-order chi connectivity index (χ0) is 22.4. The number of nitrogens with one attached hydrogen (secondary N) is 3. The van der Waals surface area contributed by atoms with Gasteiger partial charge < -0.3 is 21.5 Å². The minimum absolute atomic E-state index is 0.108. The van der Waals surface area contributed by atoms with Gasteiger partial charge in [-0.1, -0.05) is 42.5 Å². The van der Waals surface area contributed by atoms with E-state index < -0.39 is 0 Å². The third kappa shape index (κ3) is 5.91. The van der Waals surface area contributed by atoms with Gasteiger partial charge in [0.05, 0.1) is 11.4 Å². The topological polar surface area (TPSA) is 104 Å². The monoisotopic (exact) mass is 434 g/mol. The molecule has 0 spiro atoms. The van der Waals surface area contributed by atoms with E-state index in [1.807, 2.05) is 18.2 Å². The zero-order valence-electron chi connectivity index (χ0n) is 17.9. The molecule has 1 saturated heterocycles. The first kappa shape index (κ1) is 22.9. The molecule has 1 unspecified atom stereocenters. The van der Waals surface area contributed by atoms with Gasteiger partial charge in [0.1, 0.15) is 0 Å². The highest BCUT2D eigenvalue weighted by Gasteiger charge is 2.16. The molecule has 162 valence electrons. The fraction of sp³-hybridized carbons (Fsp3) is 0.333. The molecular weight excluding hydrogens is 404 g/mol. The van der Waals surface area contributed by atoms with E-state index in [9.17, 15) is 0 Å². The highest BCUT2D eigenvalue weighted by molar-refractivity contribution is 7.79. The summed E-state index contributed by atoms with van der Waals surface area (Å²) in [6.45, 7) is 5.21. The lowest BCUT2D eigenvalue weighted by molar-refractivity contribution is 0.148. The van der Waals surface area contributed by atoms with Crippen LogP contribution in [0, 0.1) is 16.2 Å². The van der Waals surface area contributed by atoms with Crippen LogP contribution in [-0.2, 0) is 13.0 Å². The Bertz CT molecular complexity index is 970. The molecule has 31 heavy (non-hydrogen) atoms. The molecular formula is C24H30N6S. The molecule has 1 aliphatic heterocycles. The molecule has 6 nitrogen and oxygen atoms in total. The van der Waals surface area contributed by atoms with Crippen molar-refractivity contribution in [3.63, 3.8) is 0 Å². The maximum Gasteiger partial charge on any atom is 0.0844 e. The first-order valence-electron chi connectivity index (χ1n) is 10.4. The molecule has 2 aromatic rings. The SMILES string of the molecule is CN1CCN(Cc2cccc(CC(=N)C(=N)c3cc(C(C=N)C=S)ccc3N)c2)CC1. The van der Waals surface area contributed by atoms with E-state index in [2.05, 4.69) is 29.0 Å². The predicted molar refractivity (Wildman–Crippen MR) is 134 cm³/mol. The van der Waals surface area contributed by atoms with Crippen LogP contribution >= 0.6 is 12.2 Å². The smallest absolute Gasteiger partial charge is 0.0844 e. The summed E-state index contributed by atoms with van der Waals surface area (Å²) in [5, 5.41) is 26.1. The first-order chi connectivity index (χ1) is 14.9. The minimum atomic E-state index is -0.303. The fourth-order valence-corrected chi connectivity index (χ4v) is 4.00. The number of hydrogen-bond acceptors (Lipinski definition) is 7. The van der Waals surface area contributed by atoms with E-state index in [1.54, 1.807) is 12.1 Å². The maximum absolute atomic E-state index is 8.54. The molecule has 0 saturated carbocycles. The van der Waals surface area contributed by atoms with Crippen molar-refractivity contribution in [3.8, 4) is 0 Å². The van der Waals surface area contributed by atoms with E-state index in [4.69, 9.17) is 34.2 Å². The summed E-state index contributed by atoms with van der Waals surface area (Å²) in [4.78, 5) is 4.80. The number of benzene rings is 2. The molecule has 7 heteroatoms. The summed E-state index contributed by atoms with van der Waals surface area (Å²) in [7, 11) is 2.15. The van der Waals surface area contributed by atoms with Crippen LogP contribution in [0.1, 0.15) is 28.2 Å². The molecule has 2 aromatic carbocycles. The molecule has 0 aromatic heterocycles. The Morgan fingerprint density at radius 2 is 1.81 bits per heavy atom. The Hall–Kier alpha value is -2.74. The molecule has 1 heterocycles. The van der Waals surface area contributed by atoms with Gasteiger partial charge in [-0.25, -0.2) is 0 Å². The molecule has 0 aliphatic carbocycles. The zero-order valence-corrected chi connectivity index (χ0v) is 18.7. The number of nitrogens with zero attached hydrogens (tertiary/aromatic N) is 2. The lowest BCUT2D eigenvalue weighted by Crippen LogP contribution is -2.43. The molecule has 1 atom stereocenters. The second kappa shape index (κ2) is 10.5. The number of thiocarbonyl (C=S) groups is 1. The third-order valence-electron chi connectivity index (χ3n) is 5.73. The summed E-state index contributed by atoms with van der Waals surface area (Å²) < 4.78 is 0. The van der Waals surface area contributed by atoms with Crippen LogP contribution in [0.15, 0.2) is 42.5 Å². The van der Waals surface area contributed by atoms with Crippen molar-refractivity contribution < 1.29 is 0 Å². The molecule has 0 amide bonds. The van der Waals surface area contributed by atoms with Crippen molar-refractivity contribution in [2.45, 2.75) is 18.9 Å². The van der Waals surface area contributed by atoms with Crippen LogP contribution in [0.5, 0.6) is 0 Å². The van der Waals surface area contributed by atoms with Gasteiger partial charge in [0.25, 0.3) is 0 Å². The summed E-state index contributed by atoms with van der Waals surface area (Å²) in [6.07, 6.45) is 1.64. The standard InChI is InChI=1S/C24H30N6S/c1-29-7-9-30(10-8-29)15-18-4-2-3-17(11-18)12-23(27)24(28)21-13-19(5-6-22(21)26)20(14-25)16-31/h2-6,11,13-14,16,20,25,27-28H,7-10,12,15,26H2,1H3. The van der Waals surface area contributed by atoms with Gasteiger partial charge >= 0.3 is 0 Å². The van der Waals surface area contributed by atoms with Crippen LogP contribution in [0.2, 0.25) is 0 Å². The van der Waals surface area contributed by atoms with Crippen LogP contribution < -0.4 is 5.73 Å². The van der Waals surface area contributed by atoms with Crippen molar-refractivity contribution in [1.82, 2.24) is 9.80 Å². The number of likely N-dealkylation sites (N-methyl/N-ethyl adjacent to an activating group) is 1. The van der Waals surface area contributed by atoms with E-state index in [-0.39, 0.29) is 17.3 Å². The van der Waals surface area contributed by atoms with E-state index in [1.165, 1.54) is 17.1 Å². The van der Waals surface area contributed by atoms with Gasteiger partial charge in [-0.15, -0.1) is 0 Å². The number of hydrogen-bond donors (Lipinski definition) is 4. The van der Waals surface area contributed by atoms with Crippen LogP contribution in [0.4, 0.5) is 5.69 Å². The molecule has 1 fully saturated rings. The van der Waals surface area contributed by atoms with Crippen LogP contribution in [0.3, 0.4) is 0 Å². The van der Waals surface area contributed by atoms with Crippen molar-refractivity contribution in [1.29, 1.82) is 16.2 Å². The van der Waals surface area contributed by atoms with Gasteiger partial charge in [0.2, 0.25) is 0 Å². The minimum Gasteiger partial charge on any atom is -0.398 e. The predicted octanol–water partition coefficient (Wildman–Crippen LogP) is 3.38. The number of nitrogens with two attached hydrogens (primary N) is 1. The number of piperazine rings is 1. The van der Waals surface area contributed by atoms with Gasteiger partial charge in [-0.2, -0.15) is 0 Å². The number of rotatable bonds is 9. The first-order valence-corrected chi connectivity index (χ1v) is 10.9. The van der Waals surface area contributed by atoms with Gasteiger partial charge in [0.15, 0.2) is 0 Å². The number of anilines is 1. The van der Waals surface area contributed by atoms with Crippen molar-refractivity contribution in [2.75, 3.05) is 39.0 Å². The average molecular weight is 435 g/mol. The van der Waals surface area contributed by atoms with E-state index in [0.717, 1.165) is 43.9 Å². The second-order valence-electron chi connectivity index (χ2n) is 8.10. The molecule has 0 bridgehead atoms. The average Bonchev–Trinajstić information content (AvgIpc) is 2.77. The van der Waals surface area contributed by atoms with Gasteiger partial charge in [0, 0.05) is 62.5 Å². The highest BCUT2D eigenvalue weighted by Crippen LogP contribution is 2.21. The van der Waals surface area contributed by atoms with Crippen LogP contribution in [0.25, 0.3) is 0 Å². The van der Waals surface area contributed by atoms with Gasteiger partial charge in [-0.05, 0) is 41.2 Å². The summed E-state index contributed by atoms with van der Waals surface area (Å²) >= 11 is 5.00. The molecule has 3 rings (SSSR count). The van der Waals surface area contributed by atoms with Crippen LogP contribution in [-0.4, -0.2) is 66.0 Å². The maximum atomic E-state index is 8.54. The lowest BCUT2D eigenvalue weighted by Gasteiger charge is -2.32. The molecule has 1 aliphatic rings. The summed E-state index contributed by atoms with van der Waals surface area (Å²) in [5.74, 6) is -0.303. The van der Waals surface area contributed by atoms with E-state index in [0.29, 0.717) is 17.7 Å². The largest absolute Gasteiger partial charge is 0.398 e. The third-order valence-corrected chi connectivity index (χ3v) is 6.03.